The van der Waals surface area contributed by atoms with E-state index in [1.165, 1.54) is 19.3 Å². The lowest BCUT2D eigenvalue weighted by molar-refractivity contribution is 0.190. The first-order chi connectivity index (χ1) is 12.7. The van der Waals surface area contributed by atoms with Gasteiger partial charge in [-0.25, -0.2) is 0 Å². The van der Waals surface area contributed by atoms with Crippen molar-refractivity contribution in [3.63, 3.8) is 0 Å². The fraction of sp³-hybridized carbons (Fsp3) is 0.588. The van der Waals surface area contributed by atoms with Crippen LogP contribution in [0, 0.1) is 6.92 Å². The molecule has 2 aliphatic rings. The summed E-state index contributed by atoms with van der Waals surface area (Å²) in [5.74, 6) is 3.85. The molecular formula is C17H22N8O. The SMILES string of the molecule is Cc1nnc2ccc(N3CC(N(C)Cc4noc(C5CCC5)n4)C3)nn12. The second-order valence-corrected chi connectivity index (χ2v) is 7.36. The number of hydrogen-bond donors (Lipinski definition) is 0. The molecule has 136 valence electrons. The van der Waals surface area contributed by atoms with Gasteiger partial charge in [-0.2, -0.15) is 9.50 Å². The van der Waals surface area contributed by atoms with Crippen LogP contribution in [0.2, 0.25) is 0 Å². The van der Waals surface area contributed by atoms with Gasteiger partial charge in [0.05, 0.1) is 6.54 Å². The summed E-state index contributed by atoms with van der Waals surface area (Å²) in [6.07, 6.45) is 3.63. The first-order valence-electron chi connectivity index (χ1n) is 9.14. The number of rotatable bonds is 5. The van der Waals surface area contributed by atoms with Gasteiger partial charge < -0.3 is 9.42 Å². The van der Waals surface area contributed by atoms with Crippen LogP contribution in [0.25, 0.3) is 5.65 Å². The van der Waals surface area contributed by atoms with Crippen LogP contribution in [-0.4, -0.2) is 61.0 Å². The Balaban J connectivity index is 1.20. The first kappa shape index (κ1) is 15.7. The van der Waals surface area contributed by atoms with Crippen LogP contribution < -0.4 is 4.90 Å². The van der Waals surface area contributed by atoms with E-state index in [1.54, 1.807) is 4.52 Å². The molecule has 3 aromatic rings. The van der Waals surface area contributed by atoms with Crippen LogP contribution in [0.4, 0.5) is 5.82 Å². The van der Waals surface area contributed by atoms with Crippen LogP contribution in [-0.2, 0) is 6.54 Å². The van der Waals surface area contributed by atoms with E-state index in [1.807, 2.05) is 19.1 Å². The monoisotopic (exact) mass is 354 g/mol. The smallest absolute Gasteiger partial charge is 0.229 e. The molecular weight excluding hydrogens is 332 g/mol. The fourth-order valence-electron chi connectivity index (χ4n) is 3.48. The highest BCUT2D eigenvalue weighted by atomic mass is 16.5. The Morgan fingerprint density at radius 3 is 2.85 bits per heavy atom. The molecule has 2 fully saturated rings. The maximum absolute atomic E-state index is 5.41. The highest BCUT2D eigenvalue weighted by Gasteiger charge is 2.32. The van der Waals surface area contributed by atoms with Crippen LogP contribution in [0.3, 0.4) is 0 Å². The summed E-state index contributed by atoms with van der Waals surface area (Å²) in [5.41, 5.74) is 0.778. The molecule has 0 unspecified atom stereocenters. The second-order valence-electron chi connectivity index (χ2n) is 7.36. The second kappa shape index (κ2) is 6.01. The van der Waals surface area contributed by atoms with E-state index in [0.717, 1.165) is 42.1 Å². The maximum Gasteiger partial charge on any atom is 0.229 e. The molecule has 3 aromatic heterocycles. The van der Waals surface area contributed by atoms with Gasteiger partial charge in [0.25, 0.3) is 0 Å². The molecule has 1 aliphatic carbocycles. The zero-order chi connectivity index (χ0) is 17.7. The molecule has 0 amide bonds. The summed E-state index contributed by atoms with van der Waals surface area (Å²) < 4.78 is 7.20. The predicted octanol–water partition coefficient (Wildman–Crippen LogP) is 1.40. The molecule has 0 bridgehead atoms. The third-order valence-electron chi connectivity index (χ3n) is 5.54. The van der Waals surface area contributed by atoms with Gasteiger partial charge in [0.15, 0.2) is 17.3 Å². The quantitative estimate of drug-likeness (QED) is 0.679. The van der Waals surface area contributed by atoms with E-state index in [4.69, 9.17) is 4.52 Å². The van der Waals surface area contributed by atoms with Crippen LogP contribution in [0.1, 0.15) is 42.7 Å². The molecule has 1 saturated carbocycles. The third kappa shape index (κ3) is 2.63. The standard InChI is InChI=1S/C17H22N8O/c1-11-19-20-15-6-7-16(21-25(11)15)24-8-13(9-24)23(2)10-14-18-17(26-22-14)12-4-3-5-12/h6-7,12-13H,3-5,8-10H2,1-2H3. The number of aromatic nitrogens is 6. The lowest BCUT2D eigenvalue weighted by Gasteiger charge is -2.44. The molecule has 9 nitrogen and oxygen atoms in total. The number of aryl methyl sites for hydroxylation is 1. The van der Waals surface area contributed by atoms with Gasteiger partial charge in [-0.05, 0) is 38.9 Å². The molecule has 0 spiro atoms. The summed E-state index contributed by atoms with van der Waals surface area (Å²) in [7, 11) is 2.11. The summed E-state index contributed by atoms with van der Waals surface area (Å²) in [4.78, 5) is 9.11. The van der Waals surface area contributed by atoms with Gasteiger partial charge in [-0.3, -0.25) is 4.90 Å². The molecule has 0 radical (unpaired) electrons. The summed E-state index contributed by atoms with van der Waals surface area (Å²) in [6.45, 7) is 4.49. The molecule has 26 heavy (non-hydrogen) atoms. The number of hydrogen-bond acceptors (Lipinski definition) is 8. The third-order valence-corrected chi connectivity index (χ3v) is 5.54. The van der Waals surface area contributed by atoms with E-state index >= 15 is 0 Å². The molecule has 1 saturated heterocycles. The van der Waals surface area contributed by atoms with Crippen molar-refractivity contribution in [2.75, 3.05) is 25.0 Å². The van der Waals surface area contributed by atoms with Gasteiger partial charge in [-0.1, -0.05) is 11.6 Å². The minimum absolute atomic E-state index is 0.458. The Kier molecular flexibility index (Phi) is 3.63. The Bertz CT molecular complexity index is 924. The van der Waals surface area contributed by atoms with Crippen LogP contribution >= 0.6 is 0 Å². The maximum atomic E-state index is 5.41. The summed E-state index contributed by atoms with van der Waals surface area (Å²) >= 11 is 0. The fourth-order valence-corrected chi connectivity index (χ4v) is 3.48. The average Bonchev–Trinajstić information content (AvgIpc) is 3.12. The van der Waals surface area contributed by atoms with Crippen molar-refractivity contribution in [2.45, 2.75) is 44.7 Å². The summed E-state index contributed by atoms with van der Waals surface area (Å²) in [6, 6.07) is 4.42. The molecule has 0 N–H and O–H groups in total. The predicted molar refractivity (Wildman–Crippen MR) is 93.9 cm³/mol. The van der Waals surface area contributed by atoms with Crippen molar-refractivity contribution in [3.8, 4) is 0 Å². The molecule has 0 atom stereocenters. The van der Waals surface area contributed by atoms with E-state index < -0.39 is 0 Å². The number of fused-ring (bicyclic) bond motifs is 1. The molecule has 4 heterocycles. The van der Waals surface area contributed by atoms with E-state index in [2.05, 4.69) is 42.3 Å². The molecule has 5 rings (SSSR count). The zero-order valence-corrected chi connectivity index (χ0v) is 15.0. The van der Waals surface area contributed by atoms with E-state index in [-0.39, 0.29) is 0 Å². The topological polar surface area (TPSA) is 88.5 Å². The van der Waals surface area contributed by atoms with Crippen molar-refractivity contribution in [2.24, 2.45) is 0 Å². The lowest BCUT2D eigenvalue weighted by atomic mass is 9.85. The Morgan fingerprint density at radius 1 is 1.23 bits per heavy atom. The largest absolute Gasteiger partial charge is 0.352 e. The zero-order valence-electron chi connectivity index (χ0n) is 15.0. The molecule has 1 aliphatic heterocycles. The van der Waals surface area contributed by atoms with Crippen LogP contribution in [0.5, 0.6) is 0 Å². The van der Waals surface area contributed by atoms with Crippen molar-refractivity contribution in [1.29, 1.82) is 0 Å². The summed E-state index contributed by atoms with van der Waals surface area (Å²) in [5, 5.41) is 16.9. The lowest BCUT2D eigenvalue weighted by Crippen LogP contribution is -2.58. The van der Waals surface area contributed by atoms with E-state index in [0.29, 0.717) is 18.5 Å². The molecule has 0 aromatic carbocycles. The normalized spacial score (nSPS) is 18.5. The Labute approximate surface area is 151 Å². The average molecular weight is 354 g/mol. The Hall–Kier alpha value is -2.55. The van der Waals surface area contributed by atoms with Crippen molar-refractivity contribution in [3.05, 3.63) is 29.7 Å². The highest BCUT2D eigenvalue weighted by molar-refractivity contribution is 5.47. The van der Waals surface area contributed by atoms with Crippen LogP contribution in [0.15, 0.2) is 16.7 Å². The van der Waals surface area contributed by atoms with E-state index in [9.17, 15) is 0 Å². The van der Waals surface area contributed by atoms with Gasteiger partial charge in [0, 0.05) is 25.0 Å². The van der Waals surface area contributed by atoms with Gasteiger partial charge in [-0.15, -0.1) is 15.3 Å². The highest BCUT2D eigenvalue weighted by Crippen LogP contribution is 2.35. The number of likely N-dealkylation sites (N-methyl/N-ethyl adjacent to an activating group) is 1. The first-order valence-corrected chi connectivity index (χ1v) is 9.14. The minimum Gasteiger partial charge on any atom is -0.352 e. The van der Waals surface area contributed by atoms with Gasteiger partial charge >= 0.3 is 0 Å². The van der Waals surface area contributed by atoms with Crippen molar-refractivity contribution < 1.29 is 4.52 Å². The van der Waals surface area contributed by atoms with Crippen molar-refractivity contribution in [1.82, 2.24) is 34.9 Å². The van der Waals surface area contributed by atoms with Gasteiger partial charge in [0.1, 0.15) is 5.82 Å². The number of nitrogens with zero attached hydrogens (tertiary/aromatic N) is 8. The Morgan fingerprint density at radius 2 is 2.08 bits per heavy atom. The van der Waals surface area contributed by atoms with Gasteiger partial charge in [0.2, 0.25) is 5.89 Å². The number of anilines is 1. The van der Waals surface area contributed by atoms with Crippen molar-refractivity contribution >= 4 is 11.5 Å². The minimum atomic E-state index is 0.458. The molecule has 9 heteroatoms.